The fourth-order valence-corrected chi connectivity index (χ4v) is 4.89. The SMILES string of the molecule is CCNC(=O)N1CC[C@@]2(CCn3nc(-c4cnc(N)c(OC(C)c5ccc(F)cn5)c4)cc32)C1. The summed E-state index contributed by atoms with van der Waals surface area (Å²) in [5, 5.41) is 7.71. The summed E-state index contributed by atoms with van der Waals surface area (Å²) >= 11 is 0. The Labute approximate surface area is 197 Å². The van der Waals surface area contributed by atoms with E-state index in [9.17, 15) is 9.18 Å². The molecule has 9 nitrogen and oxygen atoms in total. The first-order valence-corrected chi connectivity index (χ1v) is 11.5. The fraction of sp³-hybridized carbons (Fsp3) is 0.417. The summed E-state index contributed by atoms with van der Waals surface area (Å²) in [7, 11) is 0. The van der Waals surface area contributed by atoms with Gasteiger partial charge in [0.05, 0.1) is 17.6 Å². The lowest BCUT2D eigenvalue weighted by atomic mass is 9.82. The van der Waals surface area contributed by atoms with Gasteiger partial charge in [0, 0.05) is 49.0 Å². The number of anilines is 1. The van der Waals surface area contributed by atoms with Crippen molar-refractivity contribution in [3.05, 3.63) is 53.9 Å². The fourth-order valence-electron chi connectivity index (χ4n) is 4.89. The van der Waals surface area contributed by atoms with Crippen LogP contribution in [0.2, 0.25) is 0 Å². The zero-order valence-corrected chi connectivity index (χ0v) is 19.3. The number of carbonyl (C=O) groups excluding carboxylic acids is 1. The van der Waals surface area contributed by atoms with E-state index < -0.39 is 11.9 Å². The number of hydrogen-bond donors (Lipinski definition) is 2. The lowest BCUT2D eigenvalue weighted by Gasteiger charge is -2.23. The molecule has 2 aliphatic heterocycles. The van der Waals surface area contributed by atoms with E-state index in [1.54, 1.807) is 12.3 Å². The maximum absolute atomic E-state index is 13.2. The zero-order chi connectivity index (χ0) is 23.9. The van der Waals surface area contributed by atoms with Crippen LogP contribution in [0.15, 0.2) is 36.7 Å². The number of aromatic nitrogens is 4. The maximum atomic E-state index is 13.2. The number of amides is 2. The number of nitrogens with zero attached hydrogens (tertiary/aromatic N) is 5. The smallest absolute Gasteiger partial charge is 0.317 e. The molecule has 2 aliphatic rings. The molecule has 178 valence electrons. The Bertz CT molecular complexity index is 1210. The first-order valence-electron chi connectivity index (χ1n) is 11.5. The number of nitrogens with one attached hydrogen (secondary N) is 1. The molecule has 0 bridgehead atoms. The molecule has 3 N–H and O–H groups in total. The third-order valence-corrected chi connectivity index (χ3v) is 6.74. The molecule has 1 saturated heterocycles. The number of hydrogen-bond acceptors (Lipinski definition) is 6. The number of rotatable bonds is 5. The molecule has 1 fully saturated rings. The molecule has 5 rings (SSSR count). The molecule has 3 aromatic rings. The predicted molar refractivity (Wildman–Crippen MR) is 125 cm³/mol. The second-order valence-corrected chi connectivity index (χ2v) is 8.94. The highest BCUT2D eigenvalue weighted by atomic mass is 19.1. The van der Waals surface area contributed by atoms with E-state index in [4.69, 9.17) is 15.6 Å². The molecule has 0 saturated carbocycles. The number of urea groups is 1. The van der Waals surface area contributed by atoms with E-state index in [2.05, 4.69) is 21.4 Å². The van der Waals surface area contributed by atoms with E-state index in [0.717, 1.165) is 49.1 Å². The van der Waals surface area contributed by atoms with Gasteiger partial charge in [-0.25, -0.2) is 14.2 Å². The second-order valence-electron chi connectivity index (χ2n) is 8.94. The topological polar surface area (TPSA) is 111 Å². The molecule has 2 atom stereocenters. The molecule has 3 aromatic heterocycles. The maximum Gasteiger partial charge on any atom is 0.317 e. The molecule has 10 heteroatoms. The van der Waals surface area contributed by atoms with E-state index in [1.165, 1.54) is 6.07 Å². The van der Waals surface area contributed by atoms with Crippen LogP contribution < -0.4 is 15.8 Å². The van der Waals surface area contributed by atoms with Gasteiger partial charge >= 0.3 is 6.03 Å². The molecule has 1 spiro atoms. The average molecular weight is 466 g/mol. The molecule has 5 heterocycles. The van der Waals surface area contributed by atoms with Crippen LogP contribution in [-0.2, 0) is 12.0 Å². The van der Waals surface area contributed by atoms with Crippen LogP contribution >= 0.6 is 0 Å². The minimum atomic E-state index is -0.436. The molecular formula is C24H28FN7O2. The van der Waals surface area contributed by atoms with Gasteiger partial charge in [-0.2, -0.15) is 5.10 Å². The highest BCUT2D eigenvalue weighted by Gasteiger charge is 2.46. The zero-order valence-electron chi connectivity index (χ0n) is 19.3. The molecule has 2 amide bonds. The Balaban J connectivity index is 1.37. The summed E-state index contributed by atoms with van der Waals surface area (Å²) in [5.74, 6) is 0.276. The number of ether oxygens (including phenoxy) is 1. The van der Waals surface area contributed by atoms with E-state index in [0.29, 0.717) is 24.5 Å². The van der Waals surface area contributed by atoms with Gasteiger partial charge in [-0.1, -0.05) is 0 Å². The summed E-state index contributed by atoms with van der Waals surface area (Å²) < 4.78 is 21.2. The number of nitrogens with two attached hydrogens (primary N) is 1. The third kappa shape index (κ3) is 3.93. The Kier molecular flexibility index (Phi) is 5.59. The predicted octanol–water partition coefficient (Wildman–Crippen LogP) is 3.28. The van der Waals surface area contributed by atoms with Crippen molar-refractivity contribution in [2.45, 2.75) is 44.8 Å². The Morgan fingerprint density at radius 1 is 1.26 bits per heavy atom. The molecule has 1 unspecified atom stereocenters. The quantitative estimate of drug-likeness (QED) is 0.598. The Morgan fingerprint density at radius 2 is 2.09 bits per heavy atom. The lowest BCUT2D eigenvalue weighted by molar-refractivity contribution is 0.206. The van der Waals surface area contributed by atoms with E-state index in [-0.39, 0.29) is 17.3 Å². The first kappa shape index (κ1) is 22.1. The largest absolute Gasteiger partial charge is 0.481 e. The van der Waals surface area contributed by atoms with Crippen LogP contribution in [0, 0.1) is 5.82 Å². The van der Waals surface area contributed by atoms with Crippen LogP contribution in [0.1, 0.15) is 44.2 Å². The van der Waals surface area contributed by atoms with Gasteiger partial charge in [0.25, 0.3) is 0 Å². The van der Waals surface area contributed by atoms with Crippen LogP contribution in [0.5, 0.6) is 5.75 Å². The second kappa shape index (κ2) is 8.58. The van der Waals surface area contributed by atoms with Gasteiger partial charge in [-0.3, -0.25) is 9.67 Å². The summed E-state index contributed by atoms with van der Waals surface area (Å²) in [6.45, 7) is 6.62. The number of fused-ring (bicyclic) bond motifs is 2. The minimum absolute atomic E-state index is 0.00754. The number of pyridine rings is 2. The number of halogens is 1. The average Bonchev–Trinajstić information content (AvgIpc) is 3.53. The van der Waals surface area contributed by atoms with Gasteiger partial charge < -0.3 is 20.7 Å². The molecular weight excluding hydrogens is 437 g/mol. The van der Waals surface area contributed by atoms with Gasteiger partial charge in [-0.15, -0.1) is 0 Å². The Hall–Kier alpha value is -3.69. The highest BCUT2D eigenvalue weighted by Crippen LogP contribution is 2.44. The van der Waals surface area contributed by atoms with E-state index in [1.807, 2.05) is 29.5 Å². The Morgan fingerprint density at radius 3 is 2.85 bits per heavy atom. The minimum Gasteiger partial charge on any atom is -0.481 e. The first-order chi connectivity index (χ1) is 16.4. The molecule has 0 aliphatic carbocycles. The van der Waals surface area contributed by atoms with Crippen LogP contribution in [-0.4, -0.2) is 50.3 Å². The van der Waals surface area contributed by atoms with Crippen LogP contribution in [0.3, 0.4) is 0 Å². The summed E-state index contributed by atoms with van der Waals surface area (Å²) in [6.07, 6.45) is 4.30. The standard InChI is InChI=1S/C24H28FN7O2/c1-3-27-23(33)31-8-6-24(14-31)7-9-32-21(24)11-19(30-32)16-10-20(22(26)29-12-16)34-15(2)18-5-4-17(25)13-28-18/h4-5,10-13,15H,3,6-9,14H2,1-2H3,(H2,26,29)(H,27,33)/t15?,24-/m1/s1. The van der Waals surface area contributed by atoms with Gasteiger partial charge in [-0.05, 0) is 51.0 Å². The summed E-state index contributed by atoms with van der Waals surface area (Å²) in [4.78, 5) is 22.6. The number of aryl methyl sites for hydroxylation is 1. The number of nitrogen functional groups attached to an aromatic ring is 1. The van der Waals surface area contributed by atoms with Gasteiger partial charge in [0.1, 0.15) is 11.9 Å². The van der Waals surface area contributed by atoms with Crippen molar-refractivity contribution in [3.8, 4) is 17.0 Å². The van der Waals surface area contributed by atoms with E-state index >= 15 is 0 Å². The number of carbonyl (C=O) groups is 1. The third-order valence-electron chi connectivity index (χ3n) is 6.74. The molecule has 34 heavy (non-hydrogen) atoms. The number of likely N-dealkylation sites (tertiary alicyclic amines) is 1. The van der Waals surface area contributed by atoms with Crippen molar-refractivity contribution in [2.75, 3.05) is 25.4 Å². The van der Waals surface area contributed by atoms with Crippen molar-refractivity contribution < 1.29 is 13.9 Å². The van der Waals surface area contributed by atoms with Gasteiger partial charge in [0.2, 0.25) is 0 Å². The van der Waals surface area contributed by atoms with Crippen molar-refractivity contribution in [2.24, 2.45) is 0 Å². The van der Waals surface area contributed by atoms with Crippen molar-refractivity contribution in [1.29, 1.82) is 0 Å². The summed E-state index contributed by atoms with van der Waals surface area (Å²) in [5.41, 5.74) is 9.32. The van der Waals surface area contributed by atoms with Crippen LogP contribution in [0.25, 0.3) is 11.3 Å². The van der Waals surface area contributed by atoms with Gasteiger partial charge in [0.15, 0.2) is 11.6 Å². The highest BCUT2D eigenvalue weighted by molar-refractivity contribution is 5.75. The van der Waals surface area contributed by atoms with Crippen molar-refractivity contribution in [3.63, 3.8) is 0 Å². The monoisotopic (exact) mass is 465 g/mol. The normalized spacial score (nSPS) is 19.9. The van der Waals surface area contributed by atoms with Crippen molar-refractivity contribution in [1.82, 2.24) is 30.0 Å². The van der Waals surface area contributed by atoms with Crippen molar-refractivity contribution >= 4 is 11.8 Å². The molecule has 0 radical (unpaired) electrons. The summed E-state index contributed by atoms with van der Waals surface area (Å²) in [6, 6.07) is 6.84. The van der Waals surface area contributed by atoms with Crippen LogP contribution in [0.4, 0.5) is 15.0 Å². The lowest BCUT2D eigenvalue weighted by Crippen LogP contribution is -2.40. The molecule has 0 aromatic carbocycles.